The van der Waals surface area contributed by atoms with Crippen LogP contribution in [0.15, 0.2) is 0 Å². The minimum atomic E-state index is 0.506. The third-order valence-corrected chi connectivity index (χ3v) is 2.86. The van der Waals surface area contributed by atoms with E-state index in [-0.39, 0.29) is 0 Å². The van der Waals surface area contributed by atoms with Crippen molar-refractivity contribution in [1.82, 2.24) is 5.32 Å². The Hall–Kier alpha value is -0.480. The maximum absolute atomic E-state index is 3.53. The van der Waals surface area contributed by atoms with Crippen LogP contribution in [-0.4, -0.2) is 12.6 Å². The summed E-state index contributed by atoms with van der Waals surface area (Å²) in [6, 6.07) is 0.555. The highest BCUT2D eigenvalue weighted by Crippen LogP contribution is 2.11. The molecule has 0 aliphatic carbocycles. The number of rotatable bonds is 3. The second-order valence-electron chi connectivity index (χ2n) is 4.11. The SMILES string of the molecule is CCCCC1C#CC(C)C(C)NC1. The molecule has 74 valence electrons. The minimum Gasteiger partial charge on any atom is -0.312 e. The molecule has 0 saturated carbocycles. The molecular formula is C12H21N. The first-order chi connectivity index (χ1) is 6.24. The van der Waals surface area contributed by atoms with Gasteiger partial charge in [-0.05, 0) is 20.3 Å². The molecule has 1 heteroatoms. The van der Waals surface area contributed by atoms with E-state index in [1.165, 1.54) is 19.3 Å². The molecule has 0 fully saturated rings. The number of unbranched alkanes of at least 4 members (excludes halogenated alkanes) is 1. The lowest BCUT2D eigenvalue weighted by molar-refractivity contribution is 0.439. The van der Waals surface area contributed by atoms with Crippen LogP contribution < -0.4 is 5.32 Å². The fourth-order valence-electron chi connectivity index (χ4n) is 1.56. The van der Waals surface area contributed by atoms with Crippen molar-refractivity contribution in [2.45, 2.75) is 46.1 Å². The second kappa shape index (κ2) is 5.29. The molecule has 0 aromatic heterocycles. The summed E-state index contributed by atoms with van der Waals surface area (Å²) < 4.78 is 0. The van der Waals surface area contributed by atoms with Crippen LogP contribution in [0.3, 0.4) is 0 Å². The lowest BCUT2D eigenvalue weighted by Gasteiger charge is -2.15. The Morgan fingerprint density at radius 3 is 2.77 bits per heavy atom. The van der Waals surface area contributed by atoms with Gasteiger partial charge < -0.3 is 5.32 Å². The normalized spacial score (nSPS) is 33.3. The predicted octanol–water partition coefficient (Wildman–Crippen LogP) is 2.42. The van der Waals surface area contributed by atoms with Crippen LogP contribution in [0.4, 0.5) is 0 Å². The van der Waals surface area contributed by atoms with Gasteiger partial charge in [-0.25, -0.2) is 0 Å². The molecule has 0 bridgehead atoms. The van der Waals surface area contributed by atoms with Gasteiger partial charge in [0.25, 0.3) is 0 Å². The van der Waals surface area contributed by atoms with Gasteiger partial charge in [-0.2, -0.15) is 0 Å². The van der Waals surface area contributed by atoms with Crippen molar-refractivity contribution < 1.29 is 0 Å². The van der Waals surface area contributed by atoms with E-state index in [0.29, 0.717) is 17.9 Å². The molecule has 0 aromatic carbocycles. The maximum Gasteiger partial charge on any atom is 0.0327 e. The van der Waals surface area contributed by atoms with E-state index in [0.717, 1.165) is 6.54 Å². The van der Waals surface area contributed by atoms with E-state index in [1.54, 1.807) is 0 Å². The summed E-state index contributed by atoms with van der Waals surface area (Å²) in [7, 11) is 0. The summed E-state index contributed by atoms with van der Waals surface area (Å²) in [6.45, 7) is 7.75. The van der Waals surface area contributed by atoms with Crippen LogP contribution in [0.5, 0.6) is 0 Å². The predicted molar refractivity (Wildman–Crippen MR) is 57.4 cm³/mol. The zero-order chi connectivity index (χ0) is 9.68. The second-order valence-corrected chi connectivity index (χ2v) is 4.11. The van der Waals surface area contributed by atoms with Gasteiger partial charge in [0, 0.05) is 24.4 Å². The molecule has 3 unspecified atom stereocenters. The Balaban J connectivity index is 2.41. The van der Waals surface area contributed by atoms with Gasteiger partial charge in [-0.1, -0.05) is 31.6 Å². The van der Waals surface area contributed by atoms with Crippen molar-refractivity contribution in [2.24, 2.45) is 11.8 Å². The van der Waals surface area contributed by atoms with E-state index in [1.807, 2.05) is 0 Å². The molecule has 0 aromatic rings. The van der Waals surface area contributed by atoms with Crippen LogP contribution in [-0.2, 0) is 0 Å². The third-order valence-electron chi connectivity index (χ3n) is 2.86. The van der Waals surface area contributed by atoms with Gasteiger partial charge in [0.15, 0.2) is 0 Å². The minimum absolute atomic E-state index is 0.506. The summed E-state index contributed by atoms with van der Waals surface area (Å²) in [5.74, 6) is 7.82. The molecule has 0 radical (unpaired) electrons. The third kappa shape index (κ3) is 3.40. The summed E-state index contributed by atoms with van der Waals surface area (Å²) in [5, 5.41) is 3.53. The quantitative estimate of drug-likeness (QED) is 0.656. The highest BCUT2D eigenvalue weighted by atomic mass is 14.9. The van der Waals surface area contributed by atoms with Crippen molar-refractivity contribution in [2.75, 3.05) is 6.54 Å². The van der Waals surface area contributed by atoms with Crippen LogP contribution >= 0.6 is 0 Å². The van der Waals surface area contributed by atoms with Crippen molar-refractivity contribution >= 4 is 0 Å². The molecule has 13 heavy (non-hydrogen) atoms. The molecule has 1 rings (SSSR count). The number of hydrogen-bond acceptors (Lipinski definition) is 1. The first kappa shape index (κ1) is 10.6. The molecule has 1 heterocycles. The topological polar surface area (TPSA) is 12.0 Å². The van der Waals surface area contributed by atoms with Gasteiger partial charge >= 0.3 is 0 Å². The standard InChI is InChI=1S/C12H21N/c1-4-5-6-12-8-7-10(2)11(3)13-9-12/h10-13H,4-6,9H2,1-3H3. The van der Waals surface area contributed by atoms with Crippen molar-refractivity contribution in [3.8, 4) is 11.8 Å². The fraction of sp³-hybridized carbons (Fsp3) is 0.833. The lowest BCUT2D eigenvalue weighted by atomic mass is 10.0. The molecule has 0 saturated heterocycles. The van der Waals surface area contributed by atoms with Crippen LogP contribution in [0.25, 0.3) is 0 Å². The van der Waals surface area contributed by atoms with E-state index < -0.39 is 0 Å². The van der Waals surface area contributed by atoms with Crippen LogP contribution in [0.1, 0.15) is 40.0 Å². The Morgan fingerprint density at radius 2 is 2.08 bits per heavy atom. The molecule has 0 spiro atoms. The Kier molecular flexibility index (Phi) is 4.32. The summed E-state index contributed by atoms with van der Waals surface area (Å²) in [4.78, 5) is 0. The molecule has 1 N–H and O–H groups in total. The van der Waals surface area contributed by atoms with Crippen molar-refractivity contribution in [1.29, 1.82) is 0 Å². The highest BCUT2D eigenvalue weighted by molar-refractivity contribution is 5.11. The first-order valence-corrected chi connectivity index (χ1v) is 5.48. The summed E-state index contributed by atoms with van der Waals surface area (Å²) in [6.07, 6.45) is 3.85. The number of hydrogen-bond donors (Lipinski definition) is 1. The van der Waals surface area contributed by atoms with Gasteiger partial charge in [0.2, 0.25) is 0 Å². The molecule has 1 aliphatic rings. The van der Waals surface area contributed by atoms with Gasteiger partial charge in [0.1, 0.15) is 0 Å². The highest BCUT2D eigenvalue weighted by Gasteiger charge is 2.15. The van der Waals surface area contributed by atoms with Crippen molar-refractivity contribution in [3.63, 3.8) is 0 Å². The van der Waals surface area contributed by atoms with E-state index in [2.05, 4.69) is 37.9 Å². The van der Waals surface area contributed by atoms with E-state index in [9.17, 15) is 0 Å². The zero-order valence-electron chi connectivity index (χ0n) is 9.06. The van der Waals surface area contributed by atoms with Crippen LogP contribution in [0.2, 0.25) is 0 Å². The van der Waals surface area contributed by atoms with Crippen molar-refractivity contribution in [3.05, 3.63) is 0 Å². The Morgan fingerprint density at radius 1 is 1.31 bits per heavy atom. The summed E-state index contributed by atoms with van der Waals surface area (Å²) >= 11 is 0. The molecule has 0 amide bonds. The molecule has 1 nitrogen and oxygen atoms in total. The molecule has 1 aliphatic heterocycles. The Bertz CT molecular complexity index is 199. The lowest BCUT2D eigenvalue weighted by Crippen LogP contribution is -2.33. The van der Waals surface area contributed by atoms with Gasteiger partial charge in [-0.3, -0.25) is 0 Å². The molecule has 3 atom stereocenters. The van der Waals surface area contributed by atoms with Gasteiger partial charge in [0.05, 0.1) is 0 Å². The fourth-order valence-corrected chi connectivity index (χ4v) is 1.56. The summed E-state index contributed by atoms with van der Waals surface area (Å²) in [5.41, 5.74) is 0. The maximum atomic E-state index is 3.53. The average Bonchev–Trinajstić information content (AvgIpc) is 2.29. The van der Waals surface area contributed by atoms with Crippen LogP contribution in [0, 0.1) is 23.7 Å². The average molecular weight is 179 g/mol. The smallest absolute Gasteiger partial charge is 0.0327 e. The van der Waals surface area contributed by atoms with E-state index in [4.69, 9.17) is 0 Å². The zero-order valence-corrected chi connectivity index (χ0v) is 9.06. The number of nitrogens with one attached hydrogen (secondary N) is 1. The largest absolute Gasteiger partial charge is 0.312 e. The molecular weight excluding hydrogens is 158 g/mol. The van der Waals surface area contributed by atoms with Gasteiger partial charge in [-0.15, -0.1) is 0 Å². The van der Waals surface area contributed by atoms with E-state index >= 15 is 0 Å². The first-order valence-electron chi connectivity index (χ1n) is 5.48. The Labute approximate surface area is 82.3 Å². The monoisotopic (exact) mass is 179 g/mol.